The van der Waals surface area contributed by atoms with Crippen molar-refractivity contribution in [2.75, 3.05) is 6.54 Å². The molecule has 0 aliphatic rings. The Morgan fingerprint density at radius 3 is 2.56 bits per heavy atom. The number of nitrogens with one attached hydrogen (secondary N) is 1. The third-order valence-electron chi connectivity index (χ3n) is 2.47. The Kier molecular flexibility index (Phi) is 4.14. The van der Waals surface area contributed by atoms with Gasteiger partial charge in [-0.3, -0.25) is 0 Å². The highest BCUT2D eigenvalue weighted by Crippen LogP contribution is 2.31. The number of aromatic nitrogens is 2. The number of hydrogen-bond donors (Lipinski definition) is 1. The highest BCUT2D eigenvalue weighted by atomic mass is 32.1. The van der Waals surface area contributed by atoms with E-state index in [1.807, 2.05) is 0 Å². The molecule has 2 aromatic rings. The van der Waals surface area contributed by atoms with Crippen molar-refractivity contribution in [1.82, 2.24) is 15.3 Å². The molecular weight excluding hydrogens is 262 g/mol. The standard InChI is InChI=1S/C13H19N3S2/c1-5-14-6-9-7-17-11(15-9)10-8-18-12(16-10)13(2,3)4/h7-8,14H,5-6H2,1-4H3. The van der Waals surface area contributed by atoms with Crippen LogP contribution >= 0.6 is 22.7 Å². The van der Waals surface area contributed by atoms with Gasteiger partial charge in [-0.2, -0.15) is 0 Å². The van der Waals surface area contributed by atoms with Crippen LogP contribution in [0.4, 0.5) is 0 Å². The molecule has 2 heterocycles. The van der Waals surface area contributed by atoms with E-state index in [-0.39, 0.29) is 5.41 Å². The summed E-state index contributed by atoms with van der Waals surface area (Å²) in [6, 6.07) is 0. The van der Waals surface area contributed by atoms with Crippen molar-refractivity contribution in [2.45, 2.75) is 39.7 Å². The molecule has 0 spiro atoms. The van der Waals surface area contributed by atoms with E-state index in [0.29, 0.717) is 0 Å². The molecule has 2 aromatic heterocycles. The predicted octanol–water partition coefficient (Wildman–Crippen LogP) is 3.67. The second-order valence-electron chi connectivity index (χ2n) is 5.21. The minimum atomic E-state index is 0.118. The van der Waals surface area contributed by atoms with E-state index in [9.17, 15) is 0 Å². The fraction of sp³-hybridized carbons (Fsp3) is 0.538. The van der Waals surface area contributed by atoms with Crippen LogP contribution in [0.1, 0.15) is 38.4 Å². The molecule has 0 bridgehead atoms. The van der Waals surface area contributed by atoms with E-state index >= 15 is 0 Å². The molecule has 1 N–H and O–H groups in total. The van der Waals surface area contributed by atoms with Gasteiger partial charge in [-0.25, -0.2) is 9.97 Å². The quantitative estimate of drug-likeness (QED) is 0.929. The predicted molar refractivity (Wildman–Crippen MR) is 79.3 cm³/mol. The first-order valence-corrected chi connectivity index (χ1v) is 7.88. The SMILES string of the molecule is CCNCc1csc(-c2csc(C(C)(C)C)n2)n1. The molecule has 0 atom stereocenters. The summed E-state index contributed by atoms with van der Waals surface area (Å²) in [6.07, 6.45) is 0. The van der Waals surface area contributed by atoms with E-state index < -0.39 is 0 Å². The topological polar surface area (TPSA) is 37.8 Å². The third kappa shape index (κ3) is 3.16. The average Bonchev–Trinajstić information content (AvgIpc) is 2.93. The molecule has 98 valence electrons. The van der Waals surface area contributed by atoms with Gasteiger partial charge in [0.2, 0.25) is 0 Å². The van der Waals surface area contributed by atoms with E-state index in [1.165, 1.54) is 5.01 Å². The van der Waals surface area contributed by atoms with Crippen LogP contribution in [0.15, 0.2) is 10.8 Å². The maximum atomic E-state index is 4.69. The summed E-state index contributed by atoms with van der Waals surface area (Å²) in [5.74, 6) is 0. The van der Waals surface area contributed by atoms with Gasteiger partial charge in [-0.15, -0.1) is 22.7 Å². The van der Waals surface area contributed by atoms with Gasteiger partial charge < -0.3 is 5.32 Å². The zero-order valence-corrected chi connectivity index (χ0v) is 12.9. The van der Waals surface area contributed by atoms with E-state index in [1.54, 1.807) is 22.7 Å². The summed E-state index contributed by atoms with van der Waals surface area (Å²) in [4.78, 5) is 9.30. The van der Waals surface area contributed by atoms with Gasteiger partial charge in [0.05, 0.1) is 10.7 Å². The molecule has 0 saturated heterocycles. The second-order valence-corrected chi connectivity index (χ2v) is 6.93. The monoisotopic (exact) mass is 281 g/mol. The highest BCUT2D eigenvalue weighted by molar-refractivity contribution is 7.14. The van der Waals surface area contributed by atoms with E-state index in [2.05, 4.69) is 48.8 Å². The summed E-state index contributed by atoms with van der Waals surface area (Å²) < 4.78 is 0. The highest BCUT2D eigenvalue weighted by Gasteiger charge is 2.19. The minimum absolute atomic E-state index is 0.118. The molecule has 0 aliphatic heterocycles. The molecule has 0 amide bonds. The normalized spacial score (nSPS) is 12.0. The Hall–Kier alpha value is -0.780. The fourth-order valence-corrected chi connectivity index (χ4v) is 3.22. The Labute approximate surface area is 116 Å². The third-order valence-corrected chi connectivity index (χ3v) is 4.65. The van der Waals surface area contributed by atoms with Gasteiger partial charge in [0, 0.05) is 22.7 Å². The van der Waals surface area contributed by atoms with Crippen molar-refractivity contribution in [3.8, 4) is 10.7 Å². The van der Waals surface area contributed by atoms with E-state index in [0.717, 1.165) is 29.5 Å². The van der Waals surface area contributed by atoms with Gasteiger partial charge in [0.15, 0.2) is 0 Å². The molecule has 0 fully saturated rings. The summed E-state index contributed by atoms with van der Waals surface area (Å²) in [5.41, 5.74) is 2.23. The lowest BCUT2D eigenvalue weighted by Crippen LogP contribution is -2.11. The molecule has 0 unspecified atom stereocenters. The summed E-state index contributed by atoms with van der Waals surface area (Å²) in [6.45, 7) is 10.5. The maximum Gasteiger partial charge on any atom is 0.143 e. The van der Waals surface area contributed by atoms with Crippen molar-refractivity contribution in [3.63, 3.8) is 0 Å². The van der Waals surface area contributed by atoms with Crippen LogP contribution in [0.2, 0.25) is 0 Å². The molecule has 5 heteroatoms. The lowest BCUT2D eigenvalue weighted by atomic mass is 9.98. The minimum Gasteiger partial charge on any atom is -0.311 e. The molecule has 0 saturated carbocycles. The first kappa shape index (κ1) is 13.6. The van der Waals surface area contributed by atoms with Crippen LogP contribution in [0.3, 0.4) is 0 Å². The lowest BCUT2D eigenvalue weighted by molar-refractivity contribution is 0.586. The second kappa shape index (κ2) is 5.47. The van der Waals surface area contributed by atoms with Gasteiger partial charge in [0.1, 0.15) is 10.7 Å². The van der Waals surface area contributed by atoms with Crippen molar-refractivity contribution in [3.05, 3.63) is 21.5 Å². The van der Waals surface area contributed by atoms with Crippen molar-refractivity contribution < 1.29 is 0 Å². The zero-order valence-electron chi connectivity index (χ0n) is 11.3. The molecule has 0 aliphatic carbocycles. The van der Waals surface area contributed by atoms with Gasteiger partial charge in [-0.1, -0.05) is 27.7 Å². The zero-order chi connectivity index (χ0) is 13.2. The molecule has 18 heavy (non-hydrogen) atoms. The number of thiazole rings is 2. The van der Waals surface area contributed by atoms with Crippen LogP contribution in [0.25, 0.3) is 10.7 Å². The Bertz CT molecular complexity index is 508. The molecular formula is C13H19N3S2. The number of nitrogens with zero attached hydrogens (tertiary/aromatic N) is 2. The first-order valence-electron chi connectivity index (χ1n) is 6.12. The van der Waals surface area contributed by atoms with Crippen molar-refractivity contribution in [2.24, 2.45) is 0 Å². The van der Waals surface area contributed by atoms with Gasteiger partial charge >= 0.3 is 0 Å². The van der Waals surface area contributed by atoms with Gasteiger partial charge in [-0.05, 0) is 6.54 Å². The van der Waals surface area contributed by atoms with Crippen LogP contribution in [0, 0.1) is 0 Å². The van der Waals surface area contributed by atoms with Crippen molar-refractivity contribution in [1.29, 1.82) is 0 Å². The van der Waals surface area contributed by atoms with Crippen molar-refractivity contribution >= 4 is 22.7 Å². The van der Waals surface area contributed by atoms with Crippen LogP contribution < -0.4 is 5.32 Å². The molecule has 3 nitrogen and oxygen atoms in total. The van der Waals surface area contributed by atoms with Gasteiger partial charge in [0.25, 0.3) is 0 Å². The van der Waals surface area contributed by atoms with Crippen LogP contribution in [0.5, 0.6) is 0 Å². The Morgan fingerprint density at radius 1 is 1.17 bits per heavy atom. The van der Waals surface area contributed by atoms with Crippen LogP contribution in [-0.2, 0) is 12.0 Å². The summed E-state index contributed by atoms with van der Waals surface area (Å²) in [5, 5.41) is 9.69. The largest absolute Gasteiger partial charge is 0.311 e. The first-order chi connectivity index (χ1) is 8.50. The lowest BCUT2D eigenvalue weighted by Gasteiger charge is -2.13. The van der Waals surface area contributed by atoms with Crippen LogP contribution in [-0.4, -0.2) is 16.5 Å². The Balaban J connectivity index is 2.16. The fourth-order valence-electron chi connectivity index (χ4n) is 1.48. The van der Waals surface area contributed by atoms with E-state index in [4.69, 9.17) is 4.98 Å². The summed E-state index contributed by atoms with van der Waals surface area (Å²) in [7, 11) is 0. The maximum absolute atomic E-state index is 4.69. The summed E-state index contributed by atoms with van der Waals surface area (Å²) >= 11 is 3.39. The molecule has 2 rings (SSSR count). The average molecular weight is 281 g/mol. The number of hydrogen-bond acceptors (Lipinski definition) is 5. The molecule has 0 aromatic carbocycles. The number of rotatable bonds is 4. The smallest absolute Gasteiger partial charge is 0.143 e. The Morgan fingerprint density at radius 2 is 1.94 bits per heavy atom. The molecule has 0 radical (unpaired) electrons.